The Balaban J connectivity index is 2.28. The van der Waals surface area contributed by atoms with Crippen molar-refractivity contribution in [3.05, 3.63) is 0 Å². The van der Waals surface area contributed by atoms with E-state index in [4.69, 9.17) is 0 Å². The highest BCUT2D eigenvalue weighted by molar-refractivity contribution is 5.51. The SMILES string of the molecule is CN1CCC(N(C)CC=O)CC1. The van der Waals surface area contributed by atoms with E-state index < -0.39 is 0 Å². The molecule has 0 aliphatic carbocycles. The predicted octanol–water partition coefficient (Wildman–Crippen LogP) is 0.211. The molecule has 0 spiro atoms. The number of hydrogen-bond donors (Lipinski definition) is 0. The Morgan fingerprint density at radius 3 is 2.58 bits per heavy atom. The second kappa shape index (κ2) is 4.58. The lowest BCUT2D eigenvalue weighted by Gasteiger charge is -2.34. The molecule has 0 radical (unpaired) electrons. The third-order valence-corrected chi connectivity index (χ3v) is 2.67. The molecule has 0 unspecified atom stereocenters. The first kappa shape index (κ1) is 9.68. The van der Waals surface area contributed by atoms with Crippen LogP contribution in [0, 0.1) is 0 Å². The lowest BCUT2D eigenvalue weighted by Crippen LogP contribution is -2.42. The Bertz CT molecular complexity index is 141. The van der Waals surface area contributed by atoms with Gasteiger partial charge >= 0.3 is 0 Å². The minimum absolute atomic E-state index is 0.578. The fourth-order valence-electron chi connectivity index (χ4n) is 1.70. The molecule has 1 fully saturated rings. The first-order valence-corrected chi connectivity index (χ1v) is 4.56. The molecule has 3 nitrogen and oxygen atoms in total. The molecule has 0 aromatic carbocycles. The Hall–Kier alpha value is -0.410. The highest BCUT2D eigenvalue weighted by Gasteiger charge is 2.19. The van der Waals surface area contributed by atoms with Gasteiger partial charge in [-0.1, -0.05) is 0 Å². The summed E-state index contributed by atoms with van der Waals surface area (Å²) >= 11 is 0. The zero-order chi connectivity index (χ0) is 8.97. The van der Waals surface area contributed by atoms with E-state index >= 15 is 0 Å². The Morgan fingerprint density at radius 1 is 1.50 bits per heavy atom. The second-order valence-corrected chi connectivity index (χ2v) is 3.64. The van der Waals surface area contributed by atoms with Crippen molar-refractivity contribution in [2.24, 2.45) is 0 Å². The van der Waals surface area contributed by atoms with Gasteiger partial charge in [-0.3, -0.25) is 4.90 Å². The van der Waals surface area contributed by atoms with Gasteiger partial charge in [0.25, 0.3) is 0 Å². The highest BCUT2D eigenvalue weighted by Crippen LogP contribution is 2.12. The number of nitrogens with zero attached hydrogens (tertiary/aromatic N) is 2. The maximum atomic E-state index is 10.3. The van der Waals surface area contributed by atoms with Crippen molar-refractivity contribution in [1.82, 2.24) is 9.80 Å². The van der Waals surface area contributed by atoms with Gasteiger partial charge in [0.1, 0.15) is 6.29 Å². The average Bonchev–Trinajstić information content (AvgIpc) is 2.06. The summed E-state index contributed by atoms with van der Waals surface area (Å²) in [7, 11) is 4.18. The van der Waals surface area contributed by atoms with E-state index in [1.807, 2.05) is 7.05 Å². The van der Waals surface area contributed by atoms with Gasteiger partial charge in [0.15, 0.2) is 0 Å². The number of likely N-dealkylation sites (tertiary alicyclic amines) is 1. The molecule has 1 aliphatic heterocycles. The van der Waals surface area contributed by atoms with Gasteiger partial charge in [0, 0.05) is 6.04 Å². The second-order valence-electron chi connectivity index (χ2n) is 3.64. The molecule has 1 rings (SSSR count). The number of hydrogen-bond acceptors (Lipinski definition) is 3. The number of carbonyl (C=O) groups is 1. The van der Waals surface area contributed by atoms with Crippen LogP contribution < -0.4 is 0 Å². The van der Waals surface area contributed by atoms with Crippen molar-refractivity contribution in [2.45, 2.75) is 18.9 Å². The van der Waals surface area contributed by atoms with Crippen LogP contribution in [0.1, 0.15) is 12.8 Å². The van der Waals surface area contributed by atoms with E-state index in [1.165, 1.54) is 12.8 Å². The molecular weight excluding hydrogens is 152 g/mol. The summed E-state index contributed by atoms with van der Waals surface area (Å²) in [6.07, 6.45) is 3.37. The lowest BCUT2D eigenvalue weighted by molar-refractivity contribution is -0.109. The van der Waals surface area contributed by atoms with Crippen molar-refractivity contribution in [2.75, 3.05) is 33.7 Å². The molecule has 0 saturated carbocycles. The number of likely N-dealkylation sites (N-methyl/N-ethyl adjacent to an activating group) is 1. The van der Waals surface area contributed by atoms with Gasteiger partial charge < -0.3 is 9.69 Å². The van der Waals surface area contributed by atoms with Crippen LogP contribution in [0.15, 0.2) is 0 Å². The van der Waals surface area contributed by atoms with Gasteiger partial charge in [0.2, 0.25) is 0 Å². The largest absolute Gasteiger partial charge is 0.306 e. The van der Waals surface area contributed by atoms with Crippen LogP contribution >= 0.6 is 0 Å². The van der Waals surface area contributed by atoms with Gasteiger partial charge in [-0.15, -0.1) is 0 Å². The quantitative estimate of drug-likeness (QED) is 0.566. The van der Waals surface area contributed by atoms with Gasteiger partial charge in [0.05, 0.1) is 6.54 Å². The molecule has 0 bridgehead atoms. The topological polar surface area (TPSA) is 23.6 Å². The Kier molecular flexibility index (Phi) is 3.69. The molecule has 70 valence electrons. The summed E-state index contributed by atoms with van der Waals surface area (Å²) in [5.74, 6) is 0. The van der Waals surface area contributed by atoms with E-state index in [9.17, 15) is 4.79 Å². The van der Waals surface area contributed by atoms with Crippen LogP contribution in [0.5, 0.6) is 0 Å². The summed E-state index contributed by atoms with van der Waals surface area (Å²) in [5.41, 5.74) is 0. The maximum Gasteiger partial charge on any atom is 0.133 e. The molecule has 3 heteroatoms. The fraction of sp³-hybridized carbons (Fsp3) is 0.889. The Labute approximate surface area is 74.3 Å². The molecule has 0 amide bonds. The summed E-state index contributed by atoms with van der Waals surface area (Å²) in [5, 5.41) is 0. The first-order chi connectivity index (χ1) is 5.74. The van der Waals surface area contributed by atoms with Crippen LogP contribution in [0.3, 0.4) is 0 Å². The van der Waals surface area contributed by atoms with Crippen LogP contribution in [-0.2, 0) is 4.79 Å². The molecule has 0 aromatic rings. The normalized spacial score (nSPS) is 21.6. The lowest BCUT2D eigenvalue weighted by atomic mass is 10.0. The zero-order valence-electron chi connectivity index (χ0n) is 7.99. The number of rotatable bonds is 3. The van der Waals surface area contributed by atoms with Crippen LogP contribution in [0.2, 0.25) is 0 Å². The zero-order valence-corrected chi connectivity index (χ0v) is 7.99. The number of aldehydes is 1. The van der Waals surface area contributed by atoms with E-state index in [1.54, 1.807) is 0 Å². The number of carbonyl (C=O) groups excluding carboxylic acids is 1. The van der Waals surface area contributed by atoms with Crippen LogP contribution in [0.4, 0.5) is 0 Å². The molecule has 1 saturated heterocycles. The summed E-state index contributed by atoms with van der Waals surface area (Å²) in [4.78, 5) is 14.8. The van der Waals surface area contributed by atoms with Gasteiger partial charge in [-0.05, 0) is 40.0 Å². The molecule has 0 N–H and O–H groups in total. The van der Waals surface area contributed by atoms with E-state index in [0.717, 1.165) is 19.4 Å². The average molecular weight is 170 g/mol. The smallest absolute Gasteiger partial charge is 0.133 e. The predicted molar refractivity (Wildman–Crippen MR) is 49.2 cm³/mol. The molecule has 12 heavy (non-hydrogen) atoms. The third-order valence-electron chi connectivity index (χ3n) is 2.67. The van der Waals surface area contributed by atoms with Crippen LogP contribution in [0.25, 0.3) is 0 Å². The molecule has 1 heterocycles. The van der Waals surface area contributed by atoms with E-state index in [2.05, 4.69) is 16.8 Å². The Morgan fingerprint density at radius 2 is 2.08 bits per heavy atom. The molecule has 0 atom stereocenters. The van der Waals surface area contributed by atoms with Crippen molar-refractivity contribution in [3.8, 4) is 0 Å². The van der Waals surface area contributed by atoms with Crippen molar-refractivity contribution >= 4 is 6.29 Å². The molecule has 1 aliphatic rings. The summed E-state index contributed by atoms with van der Waals surface area (Å²) in [6.45, 7) is 2.90. The standard InChI is InChI=1S/C9H18N2O/c1-10-5-3-9(4-6-10)11(2)7-8-12/h8-9H,3-7H2,1-2H3. The van der Waals surface area contributed by atoms with Crippen molar-refractivity contribution < 1.29 is 4.79 Å². The van der Waals surface area contributed by atoms with E-state index in [0.29, 0.717) is 12.6 Å². The van der Waals surface area contributed by atoms with Crippen molar-refractivity contribution in [3.63, 3.8) is 0 Å². The van der Waals surface area contributed by atoms with Crippen molar-refractivity contribution in [1.29, 1.82) is 0 Å². The van der Waals surface area contributed by atoms with Gasteiger partial charge in [-0.2, -0.15) is 0 Å². The first-order valence-electron chi connectivity index (χ1n) is 4.56. The molecular formula is C9H18N2O. The van der Waals surface area contributed by atoms with Crippen LogP contribution in [-0.4, -0.2) is 55.9 Å². The minimum atomic E-state index is 0.578. The minimum Gasteiger partial charge on any atom is -0.306 e. The number of piperidine rings is 1. The third kappa shape index (κ3) is 2.57. The fourth-order valence-corrected chi connectivity index (χ4v) is 1.70. The molecule has 0 aromatic heterocycles. The maximum absolute atomic E-state index is 10.3. The summed E-state index contributed by atoms with van der Waals surface area (Å²) in [6, 6.07) is 0.617. The van der Waals surface area contributed by atoms with E-state index in [-0.39, 0.29) is 0 Å². The summed E-state index contributed by atoms with van der Waals surface area (Å²) < 4.78 is 0. The monoisotopic (exact) mass is 170 g/mol. The van der Waals surface area contributed by atoms with Gasteiger partial charge in [-0.25, -0.2) is 0 Å². The highest BCUT2D eigenvalue weighted by atomic mass is 16.1.